The monoisotopic (exact) mass is 186 g/mol. The third-order valence-corrected chi connectivity index (χ3v) is 2.20. The van der Waals surface area contributed by atoms with Gasteiger partial charge in [0.25, 0.3) is 0 Å². The molecule has 14 heavy (non-hydrogen) atoms. The van der Waals surface area contributed by atoms with Crippen molar-refractivity contribution in [2.45, 2.75) is 12.8 Å². The lowest BCUT2D eigenvalue weighted by atomic mass is 9.94. The van der Waals surface area contributed by atoms with Gasteiger partial charge in [0.15, 0.2) is 11.6 Å². The van der Waals surface area contributed by atoms with Crippen LogP contribution in [0.1, 0.15) is 12.8 Å². The van der Waals surface area contributed by atoms with Crippen molar-refractivity contribution in [1.82, 2.24) is 0 Å². The molecule has 0 aromatic heterocycles. The summed E-state index contributed by atoms with van der Waals surface area (Å²) < 4.78 is 0. The van der Waals surface area contributed by atoms with Crippen LogP contribution in [-0.2, 0) is 9.59 Å². The van der Waals surface area contributed by atoms with Crippen LogP contribution in [0, 0.1) is 0 Å². The lowest BCUT2D eigenvalue weighted by molar-refractivity contribution is -0.114. The van der Waals surface area contributed by atoms with Crippen molar-refractivity contribution >= 4 is 11.6 Å². The minimum atomic E-state index is 0.0924. The second-order valence-corrected chi connectivity index (χ2v) is 3.34. The number of hydrogen-bond donors (Lipinski definition) is 0. The predicted molar refractivity (Wildman–Crippen MR) is 53.7 cm³/mol. The third kappa shape index (κ3) is 1.79. The molecule has 0 radical (unpaired) electrons. The van der Waals surface area contributed by atoms with E-state index in [0.717, 1.165) is 11.1 Å². The highest BCUT2D eigenvalue weighted by Gasteiger charge is 2.10. The molecule has 0 amide bonds. The van der Waals surface area contributed by atoms with E-state index < -0.39 is 0 Å². The molecule has 70 valence electrons. The van der Waals surface area contributed by atoms with Gasteiger partial charge in [0.2, 0.25) is 0 Å². The molecule has 0 N–H and O–H groups in total. The molecule has 2 aliphatic rings. The summed E-state index contributed by atoms with van der Waals surface area (Å²) in [4.78, 5) is 22.3. The molecule has 0 heterocycles. The second-order valence-electron chi connectivity index (χ2n) is 3.34. The Morgan fingerprint density at radius 2 is 1.21 bits per heavy atom. The molecule has 0 atom stereocenters. The van der Waals surface area contributed by atoms with Crippen molar-refractivity contribution in [2.24, 2.45) is 0 Å². The van der Waals surface area contributed by atoms with Crippen LogP contribution in [0.15, 0.2) is 47.6 Å². The predicted octanol–water partition coefficient (Wildman–Crippen LogP) is 1.90. The first-order valence-corrected chi connectivity index (χ1v) is 4.58. The molecule has 2 heteroatoms. The lowest BCUT2D eigenvalue weighted by Crippen LogP contribution is -2.03. The Bertz CT molecular complexity index is 366. The normalized spacial score (nSPS) is 20.9. The molecule has 2 nitrogen and oxygen atoms in total. The first-order valence-electron chi connectivity index (χ1n) is 4.58. The Kier molecular flexibility index (Phi) is 2.27. The standard InChI is InChI=1S/C12H10O2/c13-11-5-1-3-9(7-11)10-4-2-6-12(14)8-10/h1-4,7-8H,5-6H2. The van der Waals surface area contributed by atoms with E-state index in [1.165, 1.54) is 0 Å². The van der Waals surface area contributed by atoms with Crippen LogP contribution in [0.25, 0.3) is 0 Å². The van der Waals surface area contributed by atoms with Crippen LogP contribution in [0.2, 0.25) is 0 Å². The Balaban J connectivity index is 2.31. The average Bonchev–Trinajstić information content (AvgIpc) is 2.18. The van der Waals surface area contributed by atoms with Gasteiger partial charge in [-0.2, -0.15) is 0 Å². The van der Waals surface area contributed by atoms with Crippen molar-refractivity contribution in [3.05, 3.63) is 47.6 Å². The van der Waals surface area contributed by atoms with Gasteiger partial charge in [0, 0.05) is 12.8 Å². The summed E-state index contributed by atoms with van der Waals surface area (Å²) in [6, 6.07) is 0. The molecule has 2 rings (SSSR count). The van der Waals surface area contributed by atoms with Gasteiger partial charge in [0.05, 0.1) is 0 Å². The van der Waals surface area contributed by atoms with Gasteiger partial charge in [-0.15, -0.1) is 0 Å². The molecule has 0 aromatic rings. The maximum Gasteiger partial charge on any atom is 0.160 e. The number of allylic oxidation sites excluding steroid dienone is 8. The van der Waals surface area contributed by atoms with E-state index in [1.807, 2.05) is 24.3 Å². The lowest BCUT2D eigenvalue weighted by Gasteiger charge is -2.09. The summed E-state index contributed by atoms with van der Waals surface area (Å²) >= 11 is 0. The van der Waals surface area contributed by atoms with Gasteiger partial charge in [-0.1, -0.05) is 24.3 Å². The Labute approximate surface area is 82.3 Å². The maximum absolute atomic E-state index is 11.1. The molecule has 0 spiro atoms. The Hall–Kier alpha value is -1.70. The first-order chi connectivity index (χ1) is 6.75. The number of hydrogen-bond acceptors (Lipinski definition) is 2. The van der Waals surface area contributed by atoms with Crippen molar-refractivity contribution in [3.63, 3.8) is 0 Å². The van der Waals surface area contributed by atoms with Crippen LogP contribution in [0.3, 0.4) is 0 Å². The number of carbonyl (C=O) groups is 2. The van der Waals surface area contributed by atoms with Crippen molar-refractivity contribution in [1.29, 1.82) is 0 Å². The molecule has 0 aromatic carbocycles. The average molecular weight is 186 g/mol. The van der Waals surface area contributed by atoms with Gasteiger partial charge in [0.1, 0.15) is 0 Å². The summed E-state index contributed by atoms with van der Waals surface area (Å²) in [6.45, 7) is 0. The van der Waals surface area contributed by atoms with E-state index >= 15 is 0 Å². The highest BCUT2D eigenvalue weighted by atomic mass is 16.1. The quantitative estimate of drug-likeness (QED) is 0.626. The highest BCUT2D eigenvalue weighted by molar-refractivity contribution is 5.97. The molecule has 0 saturated carbocycles. The van der Waals surface area contributed by atoms with Crippen molar-refractivity contribution in [2.75, 3.05) is 0 Å². The Morgan fingerprint density at radius 1 is 0.786 bits per heavy atom. The van der Waals surface area contributed by atoms with E-state index in [1.54, 1.807) is 12.2 Å². The summed E-state index contributed by atoms with van der Waals surface area (Å²) in [5.74, 6) is 0.185. The second kappa shape index (κ2) is 3.58. The zero-order valence-corrected chi connectivity index (χ0v) is 7.69. The number of carbonyl (C=O) groups excluding carboxylic acids is 2. The van der Waals surface area contributed by atoms with E-state index in [9.17, 15) is 9.59 Å². The maximum atomic E-state index is 11.1. The fourth-order valence-electron chi connectivity index (χ4n) is 1.52. The SMILES string of the molecule is O=C1C=C(C2=CC(=O)CC=C2)C=CC1. The molecule has 0 bridgehead atoms. The largest absolute Gasteiger partial charge is 0.294 e. The fourth-order valence-corrected chi connectivity index (χ4v) is 1.52. The van der Waals surface area contributed by atoms with Gasteiger partial charge in [-0.25, -0.2) is 0 Å². The third-order valence-electron chi connectivity index (χ3n) is 2.20. The van der Waals surface area contributed by atoms with Crippen molar-refractivity contribution < 1.29 is 9.59 Å². The zero-order chi connectivity index (χ0) is 9.97. The van der Waals surface area contributed by atoms with Gasteiger partial charge >= 0.3 is 0 Å². The van der Waals surface area contributed by atoms with Crippen LogP contribution in [0.4, 0.5) is 0 Å². The molecule has 2 aliphatic carbocycles. The fraction of sp³-hybridized carbons (Fsp3) is 0.167. The summed E-state index contributed by atoms with van der Waals surface area (Å²) in [6.07, 6.45) is 11.5. The minimum Gasteiger partial charge on any atom is -0.294 e. The molecular weight excluding hydrogens is 176 g/mol. The molecule has 0 unspecified atom stereocenters. The van der Waals surface area contributed by atoms with Gasteiger partial charge in [-0.3, -0.25) is 9.59 Å². The topological polar surface area (TPSA) is 34.1 Å². The smallest absolute Gasteiger partial charge is 0.160 e. The highest BCUT2D eigenvalue weighted by Crippen LogP contribution is 2.20. The number of ketones is 2. The van der Waals surface area contributed by atoms with Crippen LogP contribution in [0.5, 0.6) is 0 Å². The van der Waals surface area contributed by atoms with Gasteiger partial charge < -0.3 is 0 Å². The van der Waals surface area contributed by atoms with Crippen LogP contribution in [-0.4, -0.2) is 11.6 Å². The molecule has 0 saturated heterocycles. The zero-order valence-electron chi connectivity index (χ0n) is 7.69. The Morgan fingerprint density at radius 3 is 1.57 bits per heavy atom. The first kappa shape index (κ1) is 8.88. The molecule has 0 fully saturated rings. The minimum absolute atomic E-state index is 0.0924. The van der Waals surface area contributed by atoms with E-state index in [4.69, 9.17) is 0 Å². The van der Waals surface area contributed by atoms with Crippen LogP contribution >= 0.6 is 0 Å². The van der Waals surface area contributed by atoms with E-state index in [0.29, 0.717) is 12.8 Å². The summed E-state index contributed by atoms with van der Waals surface area (Å²) in [7, 11) is 0. The van der Waals surface area contributed by atoms with Crippen LogP contribution < -0.4 is 0 Å². The molecular formula is C12H10O2. The van der Waals surface area contributed by atoms with Crippen molar-refractivity contribution in [3.8, 4) is 0 Å². The molecule has 0 aliphatic heterocycles. The number of rotatable bonds is 1. The van der Waals surface area contributed by atoms with E-state index in [-0.39, 0.29) is 11.6 Å². The van der Waals surface area contributed by atoms with Gasteiger partial charge in [-0.05, 0) is 23.3 Å². The van der Waals surface area contributed by atoms with E-state index in [2.05, 4.69) is 0 Å². The summed E-state index contributed by atoms with van der Waals surface area (Å²) in [5, 5.41) is 0. The summed E-state index contributed by atoms with van der Waals surface area (Å²) in [5.41, 5.74) is 1.68.